The average Bonchev–Trinajstić information content (AvgIpc) is 2.97. The molecule has 0 bridgehead atoms. The van der Waals surface area contributed by atoms with E-state index in [-0.39, 0.29) is 11.7 Å². The van der Waals surface area contributed by atoms with E-state index in [1.54, 1.807) is 12.1 Å². The maximum atomic E-state index is 12.4. The quantitative estimate of drug-likeness (QED) is 0.499. The fourth-order valence-electron chi connectivity index (χ4n) is 2.88. The van der Waals surface area contributed by atoms with Crippen molar-refractivity contribution in [3.05, 3.63) is 58.1 Å². The Kier molecular flexibility index (Phi) is 5.72. The van der Waals surface area contributed by atoms with E-state index in [1.165, 1.54) is 22.0 Å². The van der Waals surface area contributed by atoms with Crippen LogP contribution in [-0.4, -0.2) is 26.5 Å². The maximum Gasteiger partial charge on any atom is 0.234 e. The normalized spacial score (nSPS) is 10.8. The summed E-state index contributed by atoms with van der Waals surface area (Å²) in [5.74, 6) is 6.63. The third kappa shape index (κ3) is 4.43. The van der Waals surface area contributed by atoms with E-state index in [9.17, 15) is 4.79 Å². The van der Waals surface area contributed by atoms with Gasteiger partial charge in [-0.3, -0.25) is 4.79 Å². The maximum absolute atomic E-state index is 12.4. The van der Waals surface area contributed by atoms with E-state index in [4.69, 9.17) is 17.4 Å². The molecule has 0 atom stereocenters. The van der Waals surface area contributed by atoms with Crippen molar-refractivity contribution in [2.45, 2.75) is 25.9 Å². The van der Waals surface area contributed by atoms with E-state index in [0.717, 1.165) is 22.4 Å². The Balaban J connectivity index is 1.68. The van der Waals surface area contributed by atoms with Crippen LogP contribution in [0.3, 0.4) is 0 Å². The second-order valence-electron chi connectivity index (χ2n) is 6.30. The lowest BCUT2D eigenvalue weighted by Gasteiger charge is -2.12. The summed E-state index contributed by atoms with van der Waals surface area (Å²) in [6, 6.07) is 11.3. The van der Waals surface area contributed by atoms with Gasteiger partial charge in [-0.15, -0.1) is 10.2 Å². The minimum absolute atomic E-state index is 0.123. The summed E-state index contributed by atoms with van der Waals surface area (Å²) in [4.78, 5) is 12.4. The Labute approximate surface area is 167 Å². The molecule has 1 heterocycles. The number of nitrogens with two attached hydrogens (primary N) is 1. The van der Waals surface area contributed by atoms with Crippen LogP contribution in [0.25, 0.3) is 11.4 Å². The zero-order valence-electron chi connectivity index (χ0n) is 15.3. The van der Waals surface area contributed by atoms with Crippen LogP contribution in [0.1, 0.15) is 16.7 Å². The number of thioether (sulfide) groups is 1. The van der Waals surface area contributed by atoms with Gasteiger partial charge in [-0.05, 0) is 44.0 Å². The van der Waals surface area contributed by atoms with Gasteiger partial charge in [0.15, 0.2) is 5.82 Å². The van der Waals surface area contributed by atoms with E-state index >= 15 is 0 Å². The predicted molar refractivity (Wildman–Crippen MR) is 111 cm³/mol. The molecule has 0 aliphatic carbocycles. The molecular weight excluding hydrogens is 382 g/mol. The van der Waals surface area contributed by atoms with Gasteiger partial charge in [0, 0.05) is 16.3 Å². The van der Waals surface area contributed by atoms with E-state index in [0.29, 0.717) is 16.0 Å². The van der Waals surface area contributed by atoms with Gasteiger partial charge in [-0.25, -0.2) is 4.68 Å². The summed E-state index contributed by atoms with van der Waals surface area (Å²) in [5.41, 5.74) is 4.86. The molecule has 1 aromatic heterocycles. The molecule has 0 saturated carbocycles. The zero-order chi connectivity index (χ0) is 19.6. The molecule has 0 aliphatic heterocycles. The van der Waals surface area contributed by atoms with E-state index < -0.39 is 0 Å². The van der Waals surface area contributed by atoms with Crippen LogP contribution >= 0.6 is 23.4 Å². The molecule has 3 rings (SSSR count). The van der Waals surface area contributed by atoms with Gasteiger partial charge < -0.3 is 11.2 Å². The lowest BCUT2D eigenvalue weighted by Crippen LogP contribution is -2.17. The molecule has 6 nitrogen and oxygen atoms in total. The number of rotatable bonds is 5. The Morgan fingerprint density at radius 3 is 2.56 bits per heavy atom. The summed E-state index contributed by atoms with van der Waals surface area (Å²) in [7, 11) is 0. The number of benzene rings is 2. The van der Waals surface area contributed by atoms with E-state index in [1.807, 2.05) is 45.0 Å². The summed E-state index contributed by atoms with van der Waals surface area (Å²) in [5, 5.41) is 12.2. The highest BCUT2D eigenvalue weighted by Gasteiger charge is 2.15. The highest BCUT2D eigenvalue weighted by Crippen LogP contribution is 2.25. The van der Waals surface area contributed by atoms with Crippen molar-refractivity contribution < 1.29 is 4.79 Å². The Morgan fingerprint density at radius 1 is 1.19 bits per heavy atom. The largest absolute Gasteiger partial charge is 0.335 e. The number of aromatic nitrogens is 3. The van der Waals surface area contributed by atoms with Crippen molar-refractivity contribution in [2.24, 2.45) is 0 Å². The van der Waals surface area contributed by atoms with Gasteiger partial charge in [0.1, 0.15) is 0 Å². The predicted octanol–water partition coefficient (Wildman–Crippen LogP) is 3.97. The standard InChI is InChI=1S/C19H20ClN5OS/c1-11-7-12(2)17(13(3)8-11)22-16(26)10-27-19-24-23-18(25(19)21)14-5-4-6-15(20)9-14/h4-9H,10,21H2,1-3H3,(H,22,26). The molecule has 8 heteroatoms. The van der Waals surface area contributed by atoms with Gasteiger partial charge in [0.25, 0.3) is 0 Å². The summed E-state index contributed by atoms with van der Waals surface area (Å²) in [6.07, 6.45) is 0. The summed E-state index contributed by atoms with van der Waals surface area (Å²) >= 11 is 7.24. The molecule has 0 aliphatic rings. The summed E-state index contributed by atoms with van der Waals surface area (Å²) in [6.45, 7) is 6.00. The fraction of sp³-hybridized carbons (Fsp3) is 0.211. The minimum atomic E-state index is -0.123. The highest BCUT2D eigenvalue weighted by molar-refractivity contribution is 7.99. The van der Waals surface area contributed by atoms with Gasteiger partial charge in [0.05, 0.1) is 5.75 Å². The monoisotopic (exact) mass is 401 g/mol. The first-order valence-electron chi connectivity index (χ1n) is 8.32. The van der Waals surface area contributed by atoms with Crippen molar-refractivity contribution in [1.82, 2.24) is 14.9 Å². The number of halogens is 1. The molecule has 0 radical (unpaired) electrons. The Hall–Kier alpha value is -2.51. The molecule has 0 spiro atoms. The molecule has 2 aromatic carbocycles. The second-order valence-corrected chi connectivity index (χ2v) is 7.68. The molecule has 3 N–H and O–H groups in total. The molecule has 0 unspecified atom stereocenters. The fourth-order valence-corrected chi connectivity index (χ4v) is 3.73. The number of anilines is 1. The zero-order valence-corrected chi connectivity index (χ0v) is 16.9. The van der Waals surface area contributed by atoms with Crippen molar-refractivity contribution in [3.63, 3.8) is 0 Å². The SMILES string of the molecule is Cc1cc(C)c(NC(=O)CSc2nnc(-c3cccc(Cl)c3)n2N)c(C)c1. The molecular formula is C19H20ClN5OS. The third-order valence-electron chi connectivity index (χ3n) is 4.02. The number of hydrogen-bond donors (Lipinski definition) is 2. The second kappa shape index (κ2) is 8.02. The molecule has 1 amide bonds. The molecule has 0 fully saturated rings. The lowest BCUT2D eigenvalue weighted by atomic mass is 10.1. The number of carbonyl (C=O) groups excluding carboxylic acids is 1. The molecule has 140 valence electrons. The number of aryl methyl sites for hydroxylation is 3. The van der Waals surface area contributed by atoms with E-state index in [2.05, 4.69) is 15.5 Å². The molecule has 27 heavy (non-hydrogen) atoms. The van der Waals surface area contributed by atoms with Gasteiger partial charge >= 0.3 is 0 Å². The number of nitrogens with one attached hydrogen (secondary N) is 1. The van der Waals surface area contributed by atoms with Crippen LogP contribution in [0.4, 0.5) is 5.69 Å². The van der Waals surface area contributed by atoms with Crippen molar-refractivity contribution in [3.8, 4) is 11.4 Å². The number of nitrogen functional groups attached to an aromatic ring is 1. The number of hydrogen-bond acceptors (Lipinski definition) is 5. The first-order valence-corrected chi connectivity index (χ1v) is 9.68. The Morgan fingerprint density at radius 2 is 1.89 bits per heavy atom. The third-order valence-corrected chi connectivity index (χ3v) is 5.20. The highest BCUT2D eigenvalue weighted by atomic mass is 35.5. The van der Waals surface area contributed by atoms with Crippen LogP contribution in [0.15, 0.2) is 41.6 Å². The van der Waals surface area contributed by atoms with Gasteiger partial charge in [0.2, 0.25) is 11.1 Å². The van der Waals surface area contributed by atoms with Crippen LogP contribution in [0, 0.1) is 20.8 Å². The van der Waals surface area contributed by atoms with Crippen LogP contribution in [-0.2, 0) is 4.79 Å². The van der Waals surface area contributed by atoms with Crippen LogP contribution in [0.2, 0.25) is 5.02 Å². The number of amides is 1. The summed E-state index contributed by atoms with van der Waals surface area (Å²) < 4.78 is 1.37. The van der Waals surface area contributed by atoms with Crippen molar-refractivity contribution in [2.75, 3.05) is 16.9 Å². The smallest absolute Gasteiger partial charge is 0.234 e. The van der Waals surface area contributed by atoms with Crippen LogP contribution in [0.5, 0.6) is 0 Å². The molecule has 0 saturated heterocycles. The first-order chi connectivity index (χ1) is 12.8. The molecule has 3 aromatic rings. The minimum Gasteiger partial charge on any atom is -0.335 e. The number of nitrogens with zero attached hydrogens (tertiary/aromatic N) is 3. The van der Waals surface area contributed by atoms with Gasteiger partial charge in [-0.2, -0.15) is 0 Å². The van der Waals surface area contributed by atoms with Gasteiger partial charge in [-0.1, -0.05) is 53.2 Å². The Bertz CT molecular complexity index is 979. The average molecular weight is 402 g/mol. The van der Waals surface area contributed by atoms with Crippen molar-refractivity contribution >= 4 is 35.0 Å². The lowest BCUT2D eigenvalue weighted by molar-refractivity contribution is -0.113. The number of carbonyl (C=O) groups is 1. The van der Waals surface area contributed by atoms with Crippen LogP contribution < -0.4 is 11.2 Å². The van der Waals surface area contributed by atoms with Crippen molar-refractivity contribution in [1.29, 1.82) is 0 Å². The topological polar surface area (TPSA) is 85.8 Å². The first kappa shape index (κ1) is 19.3.